The number of hydrogen-bond donors (Lipinski definition) is 0. The second-order valence-electron chi connectivity index (χ2n) is 7.61. The molecule has 0 aromatic rings. The monoisotopic (exact) mass is 514 g/mol. The number of carbonyl (C=O) groups is 1. The third-order valence-corrected chi connectivity index (χ3v) is 5.39. The molecular weight excluding hydrogens is 465 g/mol. The molecule has 0 N–H and O–H groups in total. The number of hydrogen-bond acceptors (Lipinski definition) is 4. The summed E-state index contributed by atoms with van der Waals surface area (Å²) >= 11 is 0. The number of allylic oxidation sites excluding steroid dienone is 6. The van der Waals surface area contributed by atoms with E-state index in [0.717, 1.165) is 12.0 Å². The Morgan fingerprint density at radius 1 is 1.26 bits per heavy atom. The van der Waals surface area contributed by atoms with Gasteiger partial charge in [-0.25, -0.2) is 0 Å². The Bertz CT molecular complexity index is 696. The van der Waals surface area contributed by atoms with Crippen LogP contribution in [0.25, 0.3) is 0 Å². The summed E-state index contributed by atoms with van der Waals surface area (Å²) in [6.45, 7) is 26.1. The van der Waals surface area contributed by atoms with Gasteiger partial charge in [-0.2, -0.15) is 8.78 Å². The molecule has 35 heavy (non-hydrogen) atoms. The normalized spacial score (nSPS) is 16.1. The molecule has 1 aliphatic heterocycles. The molecule has 0 aromatic carbocycles. The number of aliphatic imine (C=N–C) groups is 1. The first-order valence-corrected chi connectivity index (χ1v) is 12.8. The summed E-state index contributed by atoms with van der Waals surface area (Å²) < 4.78 is 29.9. The smallest absolute Gasteiger partial charge is 0.300 e. The Balaban J connectivity index is -0.000000452. The SMILES string of the molecule is C=CC(=C)OC.C=N/C(=C\C=C\C(=O)CC)C(F)(F)P.CC.CC/C(C)=C/CN1CC[C@@H](CC)C1. The number of nitrogens with zero attached hydrogens (tertiary/aromatic N) is 2. The zero-order chi connectivity index (χ0) is 27.9. The number of alkyl halides is 2. The molecule has 0 aliphatic carbocycles. The van der Waals surface area contributed by atoms with Gasteiger partial charge in [-0.15, -0.1) is 0 Å². The molecule has 0 radical (unpaired) electrons. The highest BCUT2D eigenvalue weighted by Gasteiger charge is 2.26. The Kier molecular flexibility index (Phi) is 25.6. The number of carbonyl (C=O) groups excluding carboxylic acids is 1. The van der Waals surface area contributed by atoms with Crippen LogP contribution < -0.4 is 0 Å². The van der Waals surface area contributed by atoms with E-state index in [1.165, 1.54) is 65.9 Å². The molecule has 202 valence electrons. The van der Waals surface area contributed by atoms with Gasteiger partial charge in [0, 0.05) is 19.5 Å². The summed E-state index contributed by atoms with van der Waals surface area (Å²) in [5.74, 6) is 1.45. The van der Waals surface area contributed by atoms with E-state index in [2.05, 4.69) is 61.4 Å². The fourth-order valence-electron chi connectivity index (χ4n) is 2.56. The first-order chi connectivity index (χ1) is 16.5. The van der Waals surface area contributed by atoms with E-state index < -0.39 is 11.4 Å². The van der Waals surface area contributed by atoms with Crippen molar-refractivity contribution >= 4 is 21.7 Å². The average molecular weight is 515 g/mol. The summed E-state index contributed by atoms with van der Waals surface area (Å²) in [6.07, 6.45) is 11.8. The van der Waals surface area contributed by atoms with Gasteiger partial charge in [0.1, 0.15) is 11.5 Å². The van der Waals surface area contributed by atoms with Crippen molar-refractivity contribution in [3.63, 3.8) is 0 Å². The number of ether oxygens (including phenoxy) is 1. The molecule has 1 heterocycles. The number of halogens is 2. The molecule has 1 unspecified atom stereocenters. The van der Waals surface area contributed by atoms with Crippen LogP contribution in [0, 0.1) is 5.92 Å². The Hall–Kier alpha value is -1.91. The Morgan fingerprint density at radius 2 is 1.86 bits per heavy atom. The van der Waals surface area contributed by atoms with Crippen LogP contribution in [0.4, 0.5) is 8.78 Å². The Labute approximate surface area is 216 Å². The molecule has 0 aromatic heterocycles. The summed E-state index contributed by atoms with van der Waals surface area (Å²) in [5, 5.41) is 0. The summed E-state index contributed by atoms with van der Waals surface area (Å²) in [5.41, 5.74) is -2.07. The number of ketones is 1. The fourth-order valence-corrected chi connectivity index (χ4v) is 2.75. The minimum Gasteiger partial charge on any atom is -0.497 e. The van der Waals surface area contributed by atoms with E-state index in [0.29, 0.717) is 12.2 Å². The lowest BCUT2D eigenvalue weighted by molar-refractivity contribution is -0.114. The molecule has 0 bridgehead atoms. The molecule has 0 saturated carbocycles. The lowest BCUT2D eigenvalue weighted by atomic mass is 10.1. The van der Waals surface area contributed by atoms with Gasteiger partial charge >= 0.3 is 0 Å². The molecule has 0 spiro atoms. The van der Waals surface area contributed by atoms with Crippen molar-refractivity contribution in [3.8, 4) is 0 Å². The van der Waals surface area contributed by atoms with Crippen molar-refractivity contribution in [3.05, 3.63) is 60.6 Å². The third-order valence-electron chi connectivity index (χ3n) is 5.09. The van der Waals surface area contributed by atoms with E-state index in [1.54, 1.807) is 20.1 Å². The maximum absolute atomic E-state index is 12.6. The van der Waals surface area contributed by atoms with Crippen LogP contribution in [-0.4, -0.2) is 49.8 Å². The molecule has 1 saturated heterocycles. The van der Waals surface area contributed by atoms with E-state index in [1.807, 2.05) is 13.8 Å². The van der Waals surface area contributed by atoms with Gasteiger partial charge in [0.25, 0.3) is 5.66 Å². The van der Waals surface area contributed by atoms with Crippen LogP contribution >= 0.6 is 9.24 Å². The topological polar surface area (TPSA) is 41.9 Å². The highest BCUT2D eigenvalue weighted by atomic mass is 31.0. The van der Waals surface area contributed by atoms with Gasteiger partial charge in [0.05, 0.1) is 7.11 Å². The van der Waals surface area contributed by atoms with Crippen LogP contribution in [-0.2, 0) is 9.53 Å². The second kappa shape index (κ2) is 23.8. The first kappa shape index (κ1) is 37.6. The van der Waals surface area contributed by atoms with Crippen LogP contribution in [0.1, 0.15) is 67.2 Å². The van der Waals surface area contributed by atoms with Crippen molar-refractivity contribution in [1.82, 2.24) is 4.90 Å². The Morgan fingerprint density at radius 3 is 2.20 bits per heavy atom. The average Bonchev–Trinajstić information content (AvgIpc) is 3.33. The molecule has 7 heteroatoms. The van der Waals surface area contributed by atoms with E-state index in [9.17, 15) is 13.6 Å². The maximum atomic E-state index is 12.6. The van der Waals surface area contributed by atoms with Crippen molar-refractivity contribution < 1.29 is 18.3 Å². The molecule has 2 atom stereocenters. The van der Waals surface area contributed by atoms with Gasteiger partial charge in [-0.1, -0.05) is 81.2 Å². The number of rotatable bonds is 11. The third kappa shape index (κ3) is 22.3. The maximum Gasteiger partial charge on any atom is 0.300 e. The molecule has 0 amide bonds. The van der Waals surface area contributed by atoms with Gasteiger partial charge in [0.2, 0.25) is 0 Å². The predicted octanol–water partition coefficient (Wildman–Crippen LogP) is 8.01. The van der Waals surface area contributed by atoms with Crippen molar-refractivity contribution in [1.29, 1.82) is 0 Å². The van der Waals surface area contributed by atoms with Crippen molar-refractivity contribution in [2.24, 2.45) is 10.9 Å². The summed E-state index contributed by atoms with van der Waals surface area (Å²) in [4.78, 5) is 16.5. The van der Waals surface area contributed by atoms with Crippen molar-refractivity contribution in [2.45, 2.75) is 72.9 Å². The first-order valence-electron chi connectivity index (χ1n) is 12.3. The van der Waals surface area contributed by atoms with Crippen LogP contribution in [0.5, 0.6) is 0 Å². The second-order valence-corrected chi connectivity index (χ2v) is 8.34. The zero-order valence-electron chi connectivity index (χ0n) is 23.1. The molecule has 4 nitrogen and oxygen atoms in total. The number of methoxy groups -OCH3 is 1. The van der Waals surface area contributed by atoms with Gasteiger partial charge in [-0.3, -0.25) is 14.7 Å². The molecular formula is C28H49F2N2O2P. The predicted molar refractivity (Wildman–Crippen MR) is 153 cm³/mol. The van der Waals surface area contributed by atoms with Crippen molar-refractivity contribution in [2.75, 3.05) is 26.7 Å². The minimum atomic E-state index is -3.11. The van der Waals surface area contributed by atoms with E-state index in [-0.39, 0.29) is 5.78 Å². The lowest BCUT2D eigenvalue weighted by Crippen LogP contribution is -2.20. The van der Waals surface area contributed by atoms with Crippen LogP contribution in [0.2, 0.25) is 0 Å². The molecule has 1 fully saturated rings. The molecule has 1 aliphatic rings. The summed E-state index contributed by atoms with van der Waals surface area (Å²) in [7, 11) is 2.91. The molecule has 1 rings (SSSR count). The van der Waals surface area contributed by atoms with Crippen LogP contribution in [0.15, 0.2) is 65.6 Å². The highest BCUT2D eigenvalue weighted by molar-refractivity contribution is 7.18. The zero-order valence-corrected chi connectivity index (χ0v) is 24.2. The van der Waals surface area contributed by atoms with E-state index >= 15 is 0 Å². The number of likely N-dealkylation sites (tertiary alicyclic amines) is 1. The van der Waals surface area contributed by atoms with Crippen LogP contribution in [0.3, 0.4) is 0 Å². The quantitative estimate of drug-likeness (QED) is 0.0700. The van der Waals surface area contributed by atoms with E-state index in [4.69, 9.17) is 0 Å². The standard InChI is InChI=1S/C12H23N.C9H12F2NOP.C5H8O.C2H6/c1-4-11(3)6-8-13-9-7-12(5-2)10-13;1-3-7(13)5-4-6-8(12-2)9(10,11)14;1-4-5(2)6-3;1-2/h6,12H,4-5,7-10H2,1-3H3;4-6H,2-3,14H2,1H3;4H,1-2H2,3H3;1-2H3/b11-6+;5-4+,8-6-;;/t12-;;;/m1.../s1. The minimum absolute atomic E-state index is 0.128. The highest BCUT2D eigenvalue weighted by Crippen LogP contribution is 2.31. The lowest BCUT2D eigenvalue weighted by Gasteiger charge is -2.13. The van der Waals surface area contributed by atoms with Gasteiger partial charge < -0.3 is 4.74 Å². The largest absolute Gasteiger partial charge is 0.497 e. The van der Waals surface area contributed by atoms with Gasteiger partial charge in [0.15, 0.2) is 5.78 Å². The van der Waals surface area contributed by atoms with Gasteiger partial charge in [-0.05, 0) is 57.2 Å². The summed E-state index contributed by atoms with van der Waals surface area (Å²) in [6, 6.07) is 0. The fraction of sp³-hybridized carbons (Fsp3) is 0.571.